The quantitative estimate of drug-likeness (QED) is 0.573. The molecule has 116 valence electrons. The van der Waals surface area contributed by atoms with Gasteiger partial charge in [-0.2, -0.15) is 0 Å². The van der Waals surface area contributed by atoms with Crippen LogP contribution in [-0.4, -0.2) is 25.2 Å². The van der Waals surface area contributed by atoms with Crippen LogP contribution < -0.4 is 16.0 Å². The molecular weight excluding hydrogens is 286 g/mol. The van der Waals surface area contributed by atoms with E-state index < -0.39 is 0 Å². The number of hydrogen-bond acceptors (Lipinski definition) is 2. The van der Waals surface area contributed by atoms with Crippen LogP contribution in [0.3, 0.4) is 0 Å². The van der Waals surface area contributed by atoms with Crippen molar-refractivity contribution >= 4 is 23.3 Å². The van der Waals surface area contributed by atoms with Crippen LogP contribution in [-0.2, 0) is 0 Å². The van der Waals surface area contributed by atoms with Crippen molar-refractivity contribution in [3.05, 3.63) is 29.3 Å². The van der Waals surface area contributed by atoms with Crippen LogP contribution in [0.2, 0.25) is 5.02 Å². The Morgan fingerprint density at radius 1 is 1.05 bits per heavy atom. The zero-order valence-corrected chi connectivity index (χ0v) is 13.1. The van der Waals surface area contributed by atoms with E-state index in [2.05, 4.69) is 16.0 Å². The molecular formula is C16H24ClN3O. The summed E-state index contributed by atoms with van der Waals surface area (Å²) in [6.07, 6.45) is 7.89. The second-order valence-electron chi connectivity index (χ2n) is 5.53. The van der Waals surface area contributed by atoms with E-state index in [0.29, 0.717) is 17.6 Å². The van der Waals surface area contributed by atoms with Crippen LogP contribution in [0.25, 0.3) is 0 Å². The monoisotopic (exact) mass is 309 g/mol. The first-order chi connectivity index (χ1) is 10.2. The summed E-state index contributed by atoms with van der Waals surface area (Å²) in [5.74, 6) is 0. The molecule has 0 aromatic heterocycles. The van der Waals surface area contributed by atoms with E-state index in [9.17, 15) is 4.79 Å². The van der Waals surface area contributed by atoms with E-state index in [1.165, 1.54) is 38.5 Å². The third kappa shape index (κ3) is 6.36. The molecule has 1 fully saturated rings. The number of amides is 2. The van der Waals surface area contributed by atoms with Crippen LogP contribution >= 0.6 is 11.6 Å². The van der Waals surface area contributed by atoms with Gasteiger partial charge < -0.3 is 16.0 Å². The summed E-state index contributed by atoms with van der Waals surface area (Å²) in [4.78, 5) is 11.7. The highest BCUT2D eigenvalue weighted by atomic mass is 35.5. The number of urea groups is 1. The van der Waals surface area contributed by atoms with Gasteiger partial charge in [0.15, 0.2) is 0 Å². The minimum absolute atomic E-state index is 0.181. The van der Waals surface area contributed by atoms with E-state index in [1.807, 2.05) is 0 Å². The Bertz CT molecular complexity index is 428. The fraction of sp³-hybridized carbons (Fsp3) is 0.562. The van der Waals surface area contributed by atoms with Gasteiger partial charge in [-0.15, -0.1) is 0 Å². The Balaban J connectivity index is 1.59. The lowest BCUT2D eigenvalue weighted by Gasteiger charge is -2.16. The first-order valence-corrected chi connectivity index (χ1v) is 8.15. The molecule has 0 atom stereocenters. The Labute approximate surface area is 131 Å². The average molecular weight is 310 g/mol. The minimum atomic E-state index is -0.181. The molecule has 0 aliphatic heterocycles. The number of hydrogen-bond donors (Lipinski definition) is 3. The summed E-state index contributed by atoms with van der Waals surface area (Å²) >= 11 is 5.80. The number of rotatable bonds is 5. The normalized spacial score (nSPS) is 16.2. The highest BCUT2D eigenvalue weighted by molar-refractivity contribution is 6.30. The van der Waals surface area contributed by atoms with Crippen LogP contribution in [0.5, 0.6) is 0 Å². The van der Waals surface area contributed by atoms with E-state index in [1.54, 1.807) is 24.3 Å². The third-order valence-electron chi connectivity index (χ3n) is 3.80. The smallest absolute Gasteiger partial charge is 0.319 e. The zero-order valence-electron chi connectivity index (χ0n) is 12.3. The highest BCUT2D eigenvalue weighted by Crippen LogP contribution is 2.16. The van der Waals surface area contributed by atoms with Gasteiger partial charge in [-0.05, 0) is 37.1 Å². The van der Waals surface area contributed by atoms with Gasteiger partial charge in [-0.3, -0.25) is 0 Å². The Kier molecular flexibility index (Phi) is 6.83. The van der Waals surface area contributed by atoms with Crippen molar-refractivity contribution in [2.45, 2.75) is 44.6 Å². The molecule has 1 aromatic rings. The molecule has 0 saturated heterocycles. The molecule has 0 unspecified atom stereocenters. The molecule has 0 spiro atoms. The summed E-state index contributed by atoms with van der Waals surface area (Å²) in [5.41, 5.74) is 0.744. The lowest BCUT2D eigenvalue weighted by atomic mass is 10.1. The predicted octanol–water partition coefficient (Wildman–Crippen LogP) is 3.77. The van der Waals surface area contributed by atoms with Crippen LogP contribution in [0.1, 0.15) is 38.5 Å². The Morgan fingerprint density at radius 3 is 2.38 bits per heavy atom. The first-order valence-electron chi connectivity index (χ1n) is 7.78. The Morgan fingerprint density at radius 2 is 1.71 bits per heavy atom. The lowest BCUT2D eigenvalue weighted by Crippen LogP contribution is -2.38. The fourth-order valence-electron chi connectivity index (χ4n) is 2.64. The maximum atomic E-state index is 11.7. The number of benzene rings is 1. The second kappa shape index (κ2) is 8.90. The summed E-state index contributed by atoms with van der Waals surface area (Å²) in [6.45, 7) is 1.45. The van der Waals surface area contributed by atoms with Gasteiger partial charge in [-0.1, -0.05) is 37.3 Å². The number of carbonyl (C=O) groups is 1. The number of anilines is 1. The first kappa shape index (κ1) is 16.1. The largest absolute Gasteiger partial charge is 0.337 e. The van der Waals surface area contributed by atoms with Crippen LogP contribution in [0.15, 0.2) is 24.3 Å². The van der Waals surface area contributed by atoms with Crippen molar-refractivity contribution in [2.24, 2.45) is 0 Å². The van der Waals surface area contributed by atoms with Gasteiger partial charge in [0.05, 0.1) is 0 Å². The number of carbonyl (C=O) groups excluding carboxylic acids is 1. The van der Waals surface area contributed by atoms with Gasteiger partial charge in [0.1, 0.15) is 0 Å². The third-order valence-corrected chi connectivity index (χ3v) is 4.05. The minimum Gasteiger partial charge on any atom is -0.337 e. The fourth-order valence-corrected chi connectivity index (χ4v) is 2.77. The second-order valence-corrected chi connectivity index (χ2v) is 5.97. The number of nitrogens with one attached hydrogen (secondary N) is 3. The van der Waals surface area contributed by atoms with Crippen molar-refractivity contribution in [3.8, 4) is 0 Å². The molecule has 0 bridgehead atoms. The van der Waals surface area contributed by atoms with Crippen molar-refractivity contribution in [2.75, 3.05) is 18.4 Å². The van der Waals surface area contributed by atoms with Gasteiger partial charge in [0, 0.05) is 29.8 Å². The van der Waals surface area contributed by atoms with E-state index >= 15 is 0 Å². The molecule has 4 nitrogen and oxygen atoms in total. The van der Waals surface area contributed by atoms with Crippen molar-refractivity contribution in [3.63, 3.8) is 0 Å². The Hall–Kier alpha value is -1.26. The maximum absolute atomic E-state index is 11.7. The summed E-state index contributed by atoms with van der Waals surface area (Å²) in [6, 6.07) is 7.51. The molecule has 0 heterocycles. The molecule has 1 saturated carbocycles. The van der Waals surface area contributed by atoms with Crippen molar-refractivity contribution < 1.29 is 4.79 Å². The standard InChI is InChI=1S/C16H24ClN3O/c17-13-7-9-15(10-8-13)20-16(21)19-12-11-18-14-5-3-1-2-4-6-14/h7-10,14,18H,1-6,11-12H2,(H2,19,20,21). The molecule has 3 N–H and O–H groups in total. The highest BCUT2D eigenvalue weighted by Gasteiger charge is 2.10. The van der Waals surface area contributed by atoms with E-state index in [4.69, 9.17) is 11.6 Å². The molecule has 21 heavy (non-hydrogen) atoms. The van der Waals surface area contributed by atoms with Gasteiger partial charge in [0.2, 0.25) is 0 Å². The van der Waals surface area contributed by atoms with E-state index in [0.717, 1.165) is 12.2 Å². The predicted molar refractivity (Wildman–Crippen MR) is 88.0 cm³/mol. The summed E-state index contributed by atoms with van der Waals surface area (Å²) in [7, 11) is 0. The van der Waals surface area contributed by atoms with Gasteiger partial charge >= 0.3 is 6.03 Å². The molecule has 5 heteroatoms. The zero-order chi connectivity index (χ0) is 14.9. The summed E-state index contributed by atoms with van der Waals surface area (Å²) < 4.78 is 0. The van der Waals surface area contributed by atoms with Crippen molar-refractivity contribution in [1.82, 2.24) is 10.6 Å². The average Bonchev–Trinajstić information content (AvgIpc) is 2.75. The van der Waals surface area contributed by atoms with Crippen LogP contribution in [0, 0.1) is 0 Å². The lowest BCUT2D eigenvalue weighted by molar-refractivity contribution is 0.252. The molecule has 0 radical (unpaired) electrons. The topological polar surface area (TPSA) is 53.2 Å². The number of halogens is 1. The summed E-state index contributed by atoms with van der Waals surface area (Å²) in [5, 5.41) is 9.83. The van der Waals surface area contributed by atoms with E-state index in [-0.39, 0.29) is 6.03 Å². The molecule has 1 aliphatic carbocycles. The maximum Gasteiger partial charge on any atom is 0.319 e. The van der Waals surface area contributed by atoms with Crippen LogP contribution in [0.4, 0.5) is 10.5 Å². The molecule has 2 amide bonds. The molecule has 2 rings (SSSR count). The molecule has 1 aliphatic rings. The SMILES string of the molecule is O=C(NCCNC1CCCCCC1)Nc1ccc(Cl)cc1. The van der Waals surface area contributed by atoms with Gasteiger partial charge in [0.25, 0.3) is 0 Å². The van der Waals surface area contributed by atoms with Gasteiger partial charge in [-0.25, -0.2) is 4.79 Å². The van der Waals surface area contributed by atoms with Crippen molar-refractivity contribution in [1.29, 1.82) is 0 Å². The molecule has 1 aromatic carbocycles.